The molecule has 1 fully saturated rings. The molecule has 0 saturated carbocycles. The minimum Gasteiger partial charge on any atom is -0.390 e. The molecule has 1 N–H and O–H groups in total. The van der Waals surface area contributed by atoms with Gasteiger partial charge in [0.15, 0.2) is 6.29 Å². The monoisotopic (exact) mass is 426 g/mol. The molecule has 3 rings (SSSR count). The van der Waals surface area contributed by atoms with E-state index in [1.54, 1.807) is 6.08 Å². The van der Waals surface area contributed by atoms with Crippen LogP contribution in [-0.2, 0) is 32.2 Å². The molecule has 5 nitrogen and oxygen atoms in total. The van der Waals surface area contributed by atoms with E-state index in [9.17, 15) is 5.11 Å². The first kappa shape index (κ1) is 23.6. The maximum absolute atomic E-state index is 10.6. The van der Waals surface area contributed by atoms with Crippen LogP contribution in [0, 0.1) is 5.92 Å². The smallest absolute Gasteiger partial charge is 0.187 e. The fourth-order valence-corrected chi connectivity index (χ4v) is 3.92. The summed E-state index contributed by atoms with van der Waals surface area (Å²) in [4.78, 5) is 0. The van der Waals surface area contributed by atoms with Gasteiger partial charge in [-0.05, 0) is 17.5 Å². The van der Waals surface area contributed by atoms with Gasteiger partial charge in [-0.3, -0.25) is 0 Å². The van der Waals surface area contributed by atoms with E-state index in [1.807, 2.05) is 74.5 Å². The second-order valence-corrected chi connectivity index (χ2v) is 7.95. The van der Waals surface area contributed by atoms with Gasteiger partial charge in [-0.1, -0.05) is 80.6 Å². The van der Waals surface area contributed by atoms with Crippen molar-refractivity contribution in [2.24, 2.45) is 5.92 Å². The van der Waals surface area contributed by atoms with Crippen LogP contribution in [0.4, 0.5) is 0 Å². The zero-order chi connectivity index (χ0) is 22.1. The first-order valence-electron chi connectivity index (χ1n) is 11.0. The van der Waals surface area contributed by atoms with Crippen molar-refractivity contribution >= 4 is 0 Å². The number of hydrogen-bond acceptors (Lipinski definition) is 5. The molecule has 6 atom stereocenters. The van der Waals surface area contributed by atoms with E-state index < -0.39 is 24.6 Å². The molecule has 5 heteroatoms. The maximum atomic E-state index is 10.6. The van der Waals surface area contributed by atoms with Gasteiger partial charge >= 0.3 is 0 Å². The number of aliphatic hydroxyl groups is 1. The second kappa shape index (κ2) is 12.1. The number of aliphatic hydroxyl groups excluding tert-OH is 1. The van der Waals surface area contributed by atoms with E-state index >= 15 is 0 Å². The van der Waals surface area contributed by atoms with Crippen molar-refractivity contribution in [3.63, 3.8) is 0 Å². The summed E-state index contributed by atoms with van der Waals surface area (Å²) in [6, 6.07) is 20.0. The largest absolute Gasteiger partial charge is 0.390 e. The Kier molecular flexibility index (Phi) is 9.25. The first-order valence-corrected chi connectivity index (χ1v) is 11.0. The molecule has 1 saturated heterocycles. The standard InChI is InChI=1S/C26H34O5/c1-4-16-28-26-25(30-18-21-14-10-7-11-15-21)24(19(3)23(31-26)22(27)5-2)29-17-20-12-8-6-9-13-20/h4,6-15,19,22-27H,1,5,16-18H2,2-3H3/t19-,22-,23+,24+,25+,26?/m1/s1. The molecule has 2 aromatic carbocycles. The molecule has 0 amide bonds. The van der Waals surface area contributed by atoms with Crippen LogP contribution >= 0.6 is 0 Å². The summed E-state index contributed by atoms with van der Waals surface area (Å²) >= 11 is 0. The molecule has 168 valence electrons. The van der Waals surface area contributed by atoms with Crippen molar-refractivity contribution in [2.75, 3.05) is 6.61 Å². The predicted octanol–water partition coefficient (Wildman–Crippen LogP) is 4.49. The third-order valence-electron chi connectivity index (χ3n) is 5.67. The third kappa shape index (κ3) is 6.48. The molecule has 1 unspecified atom stereocenters. The van der Waals surface area contributed by atoms with Crippen molar-refractivity contribution < 1.29 is 24.1 Å². The van der Waals surface area contributed by atoms with Crippen molar-refractivity contribution in [3.05, 3.63) is 84.4 Å². The van der Waals surface area contributed by atoms with Crippen LogP contribution in [-0.4, -0.2) is 42.4 Å². The van der Waals surface area contributed by atoms with Crippen molar-refractivity contribution in [2.45, 2.75) is 64.2 Å². The van der Waals surface area contributed by atoms with E-state index in [-0.39, 0.29) is 12.0 Å². The van der Waals surface area contributed by atoms with Gasteiger partial charge in [-0.15, -0.1) is 6.58 Å². The van der Waals surface area contributed by atoms with E-state index in [0.717, 1.165) is 11.1 Å². The molecule has 1 aliphatic rings. The summed E-state index contributed by atoms with van der Waals surface area (Å²) in [7, 11) is 0. The predicted molar refractivity (Wildman–Crippen MR) is 120 cm³/mol. The van der Waals surface area contributed by atoms with Gasteiger partial charge in [-0.2, -0.15) is 0 Å². The Morgan fingerprint density at radius 2 is 1.48 bits per heavy atom. The van der Waals surface area contributed by atoms with Gasteiger partial charge in [0.2, 0.25) is 0 Å². The van der Waals surface area contributed by atoms with Gasteiger partial charge in [0.1, 0.15) is 6.10 Å². The number of rotatable bonds is 11. The normalized spacial score (nSPS) is 27.0. The van der Waals surface area contributed by atoms with Crippen LogP contribution in [0.5, 0.6) is 0 Å². The molecule has 0 bridgehead atoms. The third-order valence-corrected chi connectivity index (χ3v) is 5.67. The Balaban J connectivity index is 1.81. The Labute approximate surface area is 185 Å². The lowest BCUT2D eigenvalue weighted by atomic mass is 9.86. The highest BCUT2D eigenvalue weighted by atomic mass is 16.7. The van der Waals surface area contributed by atoms with E-state index in [1.165, 1.54) is 0 Å². The Morgan fingerprint density at radius 1 is 0.935 bits per heavy atom. The lowest BCUT2D eigenvalue weighted by Gasteiger charge is -2.46. The minimum absolute atomic E-state index is 0.0805. The summed E-state index contributed by atoms with van der Waals surface area (Å²) in [6.45, 7) is 8.92. The maximum Gasteiger partial charge on any atom is 0.187 e. The van der Waals surface area contributed by atoms with Crippen molar-refractivity contribution in [3.8, 4) is 0 Å². The van der Waals surface area contributed by atoms with Crippen LogP contribution in [0.15, 0.2) is 73.3 Å². The number of ether oxygens (including phenoxy) is 4. The minimum atomic E-state index is -0.662. The number of benzene rings is 2. The van der Waals surface area contributed by atoms with Crippen LogP contribution < -0.4 is 0 Å². The van der Waals surface area contributed by atoms with E-state index in [0.29, 0.717) is 26.2 Å². The Hall–Kier alpha value is -2.02. The van der Waals surface area contributed by atoms with Gasteiger partial charge in [0, 0.05) is 5.92 Å². The molecular weight excluding hydrogens is 392 g/mol. The molecule has 1 aliphatic heterocycles. The van der Waals surface area contributed by atoms with Crippen molar-refractivity contribution in [1.82, 2.24) is 0 Å². The van der Waals surface area contributed by atoms with Crippen LogP contribution in [0.25, 0.3) is 0 Å². The van der Waals surface area contributed by atoms with E-state index in [4.69, 9.17) is 18.9 Å². The average Bonchev–Trinajstić information content (AvgIpc) is 2.82. The molecular formula is C26H34O5. The topological polar surface area (TPSA) is 57.2 Å². The van der Waals surface area contributed by atoms with Crippen molar-refractivity contribution in [1.29, 1.82) is 0 Å². The zero-order valence-corrected chi connectivity index (χ0v) is 18.4. The van der Waals surface area contributed by atoms with E-state index in [2.05, 4.69) is 6.58 Å². The van der Waals surface area contributed by atoms with Gasteiger partial charge in [-0.25, -0.2) is 0 Å². The zero-order valence-electron chi connectivity index (χ0n) is 18.4. The lowest BCUT2D eigenvalue weighted by molar-refractivity contribution is -0.313. The molecule has 0 aromatic heterocycles. The quantitative estimate of drug-likeness (QED) is 0.537. The Bertz CT molecular complexity index is 766. The van der Waals surface area contributed by atoms with Crippen LogP contribution in [0.3, 0.4) is 0 Å². The van der Waals surface area contributed by atoms with Crippen LogP contribution in [0.1, 0.15) is 31.4 Å². The van der Waals surface area contributed by atoms with Gasteiger partial charge in [0.25, 0.3) is 0 Å². The summed E-state index contributed by atoms with van der Waals surface area (Å²) in [5.41, 5.74) is 2.15. The van der Waals surface area contributed by atoms with Gasteiger partial charge in [0.05, 0.1) is 38.1 Å². The molecule has 31 heavy (non-hydrogen) atoms. The summed E-state index contributed by atoms with van der Waals surface area (Å²) < 4.78 is 24.9. The highest BCUT2D eigenvalue weighted by Gasteiger charge is 2.47. The highest BCUT2D eigenvalue weighted by molar-refractivity contribution is 5.14. The average molecular weight is 427 g/mol. The first-order chi connectivity index (χ1) is 15.1. The Morgan fingerprint density at radius 3 is 2.00 bits per heavy atom. The summed E-state index contributed by atoms with van der Waals surface area (Å²) in [5, 5.41) is 10.6. The molecule has 1 heterocycles. The molecule has 0 radical (unpaired) electrons. The summed E-state index contributed by atoms with van der Waals surface area (Å²) in [6.07, 6.45) is -0.159. The molecule has 0 aliphatic carbocycles. The van der Waals surface area contributed by atoms with Gasteiger partial charge < -0.3 is 24.1 Å². The fraction of sp³-hybridized carbons (Fsp3) is 0.462. The fourth-order valence-electron chi connectivity index (χ4n) is 3.92. The lowest BCUT2D eigenvalue weighted by Crippen LogP contribution is -2.59. The van der Waals surface area contributed by atoms with Crippen LogP contribution in [0.2, 0.25) is 0 Å². The summed E-state index contributed by atoms with van der Waals surface area (Å²) in [5.74, 6) is -0.0805. The number of hydrogen-bond donors (Lipinski definition) is 1. The molecule has 0 spiro atoms. The SMILES string of the molecule is C=CCOC1O[C@H]([C@H](O)CC)[C@@H](C)[C@H](OCc2ccccc2)[C@@H]1OCc1ccccc1. The second-order valence-electron chi connectivity index (χ2n) is 7.95. The highest BCUT2D eigenvalue weighted by Crippen LogP contribution is 2.34. The molecule has 2 aromatic rings.